The highest BCUT2D eigenvalue weighted by atomic mass is 35.5. The van der Waals surface area contributed by atoms with Gasteiger partial charge in [0, 0.05) is 22.7 Å². The van der Waals surface area contributed by atoms with Crippen molar-refractivity contribution in [2.24, 2.45) is 0 Å². The smallest absolute Gasteiger partial charge is 0.409 e. The first kappa shape index (κ1) is 11.5. The molecule has 1 rings (SSSR count). The Morgan fingerprint density at radius 1 is 1.47 bits per heavy atom. The molecule has 15 heavy (non-hydrogen) atoms. The van der Waals surface area contributed by atoms with Crippen LogP contribution in [0.4, 0.5) is 10.5 Å². The molecule has 0 spiro atoms. The molecule has 0 aliphatic heterocycles. The van der Waals surface area contributed by atoms with E-state index in [0.717, 1.165) is 0 Å². The van der Waals surface area contributed by atoms with Crippen LogP contribution >= 0.6 is 11.6 Å². The fourth-order valence-electron chi connectivity index (χ4n) is 1.22. The number of carboxylic acid groups (broad SMARTS) is 1. The van der Waals surface area contributed by atoms with Crippen LogP contribution in [0, 0.1) is 0 Å². The number of anilines is 1. The van der Waals surface area contributed by atoms with Crippen molar-refractivity contribution in [3.63, 3.8) is 0 Å². The summed E-state index contributed by atoms with van der Waals surface area (Å²) < 4.78 is 0. The molecule has 1 amide bonds. The molecule has 1 aromatic carbocycles. The molecule has 0 saturated heterocycles. The van der Waals surface area contributed by atoms with Gasteiger partial charge in [0.25, 0.3) is 0 Å². The van der Waals surface area contributed by atoms with Gasteiger partial charge >= 0.3 is 6.09 Å². The molecular formula is C10H10ClNO3. The molecule has 2 N–H and O–H groups in total. The summed E-state index contributed by atoms with van der Waals surface area (Å²) in [7, 11) is 0. The van der Waals surface area contributed by atoms with Gasteiger partial charge in [0.15, 0.2) is 0 Å². The lowest BCUT2D eigenvalue weighted by atomic mass is 10.1. The number of hydrogen-bond acceptors (Lipinski definition) is 2. The lowest BCUT2D eigenvalue weighted by Gasteiger charge is -2.09. The number of nitrogens with one attached hydrogen (secondary N) is 1. The molecule has 0 aromatic heterocycles. The summed E-state index contributed by atoms with van der Waals surface area (Å²) in [6.07, 6.45) is -1.06. The lowest BCUT2D eigenvalue weighted by Crippen LogP contribution is -2.11. The Labute approximate surface area is 91.9 Å². The zero-order chi connectivity index (χ0) is 11.4. The van der Waals surface area contributed by atoms with E-state index in [2.05, 4.69) is 5.32 Å². The first-order valence-electron chi connectivity index (χ1n) is 4.27. The van der Waals surface area contributed by atoms with Crippen LogP contribution < -0.4 is 5.32 Å². The lowest BCUT2D eigenvalue weighted by molar-refractivity contribution is -0.116. The Bertz CT molecular complexity index is 404. The molecule has 0 aliphatic rings. The number of rotatable bonds is 3. The number of carbonyl (C=O) groups is 2. The summed E-state index contributed by atoms with van der Waals surface area (Å²) in [4.78, 5) is 21.4. The molecule has 0 saturated carbocycles. The van der Waals surface area contributed by atoms with Gasteiger partial charge < -0.3 is 5.11 Å². The number of Topliss-reactive ketones (excluding diaryl/α,β-unsaturated/α-hetero) is 1. The normalized spacial score (nSPS) is 9.73. The second kappa shape index (κ2) is 4.79. The average Bonchev–Trinajstić information content (AvgIpc) is 2.09. The molecule has 0 atom stereocenters. The fourth-order valence-corrected chi connectivity index (χ4v) is 1.46. The van der Waals surface area contributed by atoms with Crippen LogP contribution in [-0.4, -0.2) is 17.0 Å². The second-order valence-corrected chi connectivity index (χ2v) is 3.48. The Balaban J connectivity index is 3.08. The Morgan fingerprint density at radius 3 is 2.67 bits per heavy atom. The van der Waals surface area contributed by atoms with Crippen LogP contribution in [-0.2, 0) is 11.2 Å². The Kier molecular flexibility index (Phi) is 3.68. The summed E-state index contributed by atoms with van der Waals surface area (Å²) >= 11 is 5.87. The number of amides is 1. The van der Waals surface area contributed by atoms with Gasteiger partial charge in [-0.15, -0.1) is 0 Å². The van der Waals surface area contributed by atoms with Crippen LogP contribution in [0.5, 0.6) is 0 Å². The Morgan fingerprint density at radius 2 is 2.13 bits per heavy atom. The van der Waals surface area contributed by atoms with Crippen molar-refractivity contribution in [1.82, 2.24) is 0 Å². The predicted molar refractivity (Wildman–Crippen MR) is 57.5 cm³/mol. The molecule has 0 radical (unpaired) electrons. The maximum Gasteiger partial charge on any atom is 0.409 e. The third-order valence-corrected chi connectivity index (χ3v) is 2.14. The van der Waals surface area contributed by atoms with Crippen molar-refractivity contribution in [1.29, 1.82) is 0 Å². The van der Waals surface area contributed by atoms with Gasteiger partial charge in [-0.2, -0.15) is 0 Å². The minimum atomic E-state index is -1.18. The topological polar surface area (TPSA) is 66.4 Å². The molecule has 0 heterocycles. The van der Waals surface area contributed by atoms with E-state index < -0.39 is 6.09 Å². The minimum absolute atomic E-state index is 0.0726. The largest absolute Gasteiger partial charge is 0.465 e. The van der Waals surface area contributed by atoms with Crippen molar-refractivity contribution < 1.29 is 14.7 Å². The Hall–Kier alpha value is -1.55. The third kappa shape index (κ3) is 3.25. The number of carbonyl (C=O) groups excluding carboxylic acids is 1. The van der Waals surface area contributed by atoms with E-state index in [1.165, 1.54) is 6.92 Å². The maximum absolute atomic E-state index is 11.0. The summed E-state index contributed by atoms with van der Waals surface area (Å²) in [5.41, 5.74) is 0.860. The highest BCUT2D eigenvalue weighted by Gasteiger charge is 2.10. The molecule has 5 heteroatoms. The number of halogens is 1. The quantitative estimate of drug-likeness (QED) is 0.834. The van der Waals surface area contributed by atoms with Gasteiger partial charge in [-0.25, -0.2) is 4.79 Å². The summed E-state index contributed by atoms with van der Waals surface area (Å²) in [5.74, 6) is -0.0726. The van der Waals surface area contributed by atoms with Crippen LogP contribution in [0.25, 0.3) is 0 Å². The van der Waals surface area contributed by atoms with Crippen molar-refractivity contribution in [2.75, 3.05) is 5.32 Å². The van der Waals surface area contributed by atoms with Gasteiger partial charge in [0.2, 0.25) is 0 Å². The summed E-state index contributed by atoms with van der Waals surface area (Å²) in [5, 5.41) is 11.2. The van der Waals surface area contributed by atoms with E-state index in [1.54, 1.807) is 18.2 Å². The van der Waals surface area contributed by atoms with Crippen LogP contribution in [0.2, 0.25) is 5.02 Å². The van der Waals surface area contributed by atoms with Crippen LogP contribution in [0.15, 0.2) is 18.2 Å². The van der Waals surface area contributed by atoms with Crippen molar-refractivity contribution in [3.8, 4) is 0 Å². The van der Waals surface area contributed by atoms with E-state index in [0.29, 0.717) is 16.3 Å². The molecule has 0 unspecified atom stereocenters. The second-order valence-electron chi connectivity index (χ2n) is 3.07. The van der Waals surface area contributed by atoms with E-state index in [-0.39, 0.29) is 12.2 Å². The zero-order valence-electron chi connectivity index (χ0n) is 8.08. The van der Waals surface area contributed by atoms with Gasteiger partial charge in [-0.3, -0.25) is 10.1 Å². The van der Waals surface area contributed by atoms with Crippen molar-refractivity contribution in [2.45, 2.75) is 13.3 Å². The van der Waals surface area contributed by atoms with Gasteiger partial charge in [-0.05, 0) is 19.1 Å². The summed E-state index contributed by atoms with van der Waals surface area (Å²) in [6.45, 7) is 1.42. The standard InChI is InChI=1S/C10H10ClNO3/c1-6(13)5-7-8(11)3-2-4-9(7)12-10(14)15/h2-4,12H,5H2,1H3,(H,14,15). The predicted octanol–water partition coefficient (Wildman–Crippen LogP) is 2.56. The molecule has 80 valence electrons. The van der Waals surface area contributed by atoms with E-state index in [9.17, 15) is 9.59 Å². The molecule has 0 aliphatic carbocycles. The maximum atomic E-state index is 11.0. The van der Waals surface area contributed by atoms with E-state index in [1.807, 2.05) is 0 Å². The highest BCUT2D eigenvalue weighted by molar-refractivity contribution is 6.32. The average molecular weight is 228 g/mol. The first-order valence-corrected chi connectivity index (χ1v) is 4.65. The van der Waals surface area contributed by atoms with Crippen molar-refractivity contribution >= 4 is 29.2 Å². The van der Waals surface area contributed by atoms with Crippen molar-refractivity contribution in [3.05, 3.63) is 28.8 Å². The molecular weight excluding hydrogens is 218 g/mol. The third-order valence-electron chi connectivity index (χ3n) is 1.79. The van der Waals surface area contributed by atoms with Crippen LogP contribution in [0.3, 0.4) is 0 Å². The molecule has 4 nitrogen and oxygen atoms in total. The van der Waals surface area contributed by atoms with Crippen LogP contribution in [0.1, 0.15) is 12.5 Å². The SMILES string of the molecule is CC(=O)Cc1c(Cl)cccc1NC(=O)O. The molecule has 0 bridgehead atoms. The molecule has 0 fully saturated rings. The number of hydrogen-bond donors (Lipinski definition) is 2. The summed E-state index contributed by atoms with van der Waals surface area (Å²) in [6, 6.07) is 4.81. The monoisotopic (exact) mass is 227 g/mol. The first-order chi connectivity index (χ1) is 7.00. The highest BCUT2D eigenvalue weighted by Crippen LogP contribution is 2.25. The fraction of sp³-hybridized carbons (Fsp3) is 0.200. The van der Waals surface area contributed by atoms with E-state index in [4.69, 9.17) is 16.7 Å². The minimum Gasteiger partial charge on any atom is -0.465 e. The zero-order valence-corrected chi connectivity index (χ0v) is 8.84. The van der Waals surface area contributed by atoms with Gasteiger partial charge in [-0.1, -0.05) is 17.7 Å². The number of benzene rings is 1. The van der Waals surface area contributed by atoms with Gasteiger partial charge in [0.05, 0.1) is 0 Å². The van der Waals surface area contributed by atoms with Gasteiger partial charge in [0.1, 0.15) is 5.78 Å². The number of ketones is 1. The van der Waals surface area contributed by atoms with E-state index >= 15 is 0 Å². The molecule has 1 aromatic rings.